The maximum atomic E-state index is 11.4. The SMILES string of the molecule is COC(=O)C(C)N1CCSCC(C)C1. The number of esters is 1. The first-order valence-electron chi connectivity index (χ1n) is 5.04. The van der Waals surface area contributed by atoms with E-state index in [0.717, 1.165) is 18.8 Å². The normalized spacial score (nSPS) is 26.6. The summed E-state index contributed by atoms with van der Waals surface area (Å²) in [6.45, 7) is 6.15. The first-order chi connectivity index (χ1) is 6.65. The van der Waals surface area contributed by atoms with Crippen LogP contribution in [0.4, 0.5) is 0 Å². The highest BCUT2D eigenvalue weighted by atomic mass is 32.2. The van der Waals surface area contributed by atoms with Gasteiger partial charge in [-0.1, -0.05) is 6.92 Å². The molecule has 0 saturated carbocycles. The summed E-state index contributed by atoms with van der Waals surface area (Å²) in [5.74, 6) is 2.86. The molecule has 0 radical (unpaired) electrons. The van der Waals surface area contributed by atoms with Gasteiger partial charge in [0.25, 0.3) is 0 Å². The minimum Gasteiger partial charge on any atom is -0.468 e. The Morgan fingerprint density at radius 1 is 1.64 bits per heavy atom. The smallest absolute Gasteiger partial charge is 0.322 e. The minimum atomic E-state index is -0.121. The molecule has 14 heavy (non-hydrogen) atoms. The van der Waals surface area contributed by atoms with E-state index in [2.05, 4.69) is 11.8 Å². The molecule has 0 N–H and O–H groups in total. The third-order valence-electron chi connectivity index (χ3n) is 2.56. The summed E-state index contributed by atoms with van der Waals surface area (Å²) >= 11 is 1.97. The molecule has 3 nitrogen and oxygen atoms in total. The lowest BCUT2D eigenvalue weighted by atomic mass is 10.1. The molecule has 0 aromatic carbocycles. The molecule has 1 saturated heterocycles. The Labute approximate surface area is 90.2 Å². The molecule has 0 aromatic heterocycles. The van der Waals surface area contributed by atoms with Gasteiger partial charge in [0, 0.05) is 18.8 Å². The van der Waals surface area contributed by atoms with Crippen molar-refractivity contribution in [3.8, 4) is 0 Å². The molecule has 0 bridgehead atoms. The van der Waals surface area contributed by atoms with Gasteiger partial charge in [0.05, 0.1) is 7.11 Å². The third-order valence-corrected chi connectivity index (χ3v) is 3.84. The fourth-order valence-corrected chi connectivity index (χ4v) is 2.72. The molecule has 2 atom stereocenters. The molecule has 4 heteroatoms. The summed E-state index contributed by atoms with van der Waals surface area (Å²) in [4.78, 5) is 13.6. The van der Waals surface area contributed by atoms with Gasteiger partial charge in [0.1, 0.15) is 6.04 Å². The molecule has 2 unspecified atom stereocenters. The number of hydrogen-bond acceptors (Lipinski definition) is 4. The van der Waals surface area contributed by atoms with Gasteiger partial charge in [-0.25, -0.2) is 0 Å². The van der Waals surface area contributed by atoms with E-state index in [9.17, 15) is 4.79 Å². The van der Waals surface area contributed by atoms with Crippen molar-refractivity contribution >= 4 is 17.7 Å². The number of ether oxygens (including phenoxy) is 1. The van der Waals surface area contributed by atoms with Crippen LogP contribution in [0.5, 0.6) is 0 Å². The Morgan fingerprint density at radius 2 is 2.36 bits per heavy atom. The summed E-state index contributed by atoms with van der Waals surface area (Å²) in [6.07, 6.45) is 0. The highest BCUT2D eigenvalue weighted by molar-refractivity contribution is 7.99. The quantitative estimate of drug-likeness (QED) is 0.651. The number of carbonyl (C=O) groups excluding carboxylic acids is 1. The van der Waals surface area contributed by atoms with Crippen LogP contribution in [0.3, 0.4) is 0 Å². The molecular formula is C10H19NO2S. The van der Waals surface area contributed by atoms with E-state index < -0.39 is 0 Å². The van der Waals surface area contributed by atoms with Crippen LogP contribution in [0.25, 0.3) is 0 Å². The second-order valence-corrected chi connectivity index (χ2v) is 5.02. The Balaban J connectivity index is 2.52. The molecule has 82 valence electrons. The molecular weight excluding hydrogens is 198 g/mol. The van der Waals surface area contributed by atoms with Crippen molar-refractivity contribution in [2.45, 2.75) is 19.9 Å². The zero-order chi connectivity index (χ0) is 10.6. The molecule has 1 rings (SSSR count). The average Bonchev–Trinajstić information content (AvgIpc) is 2.40. The van der Waals surface area contributed by atoms with Crippen LogP contribution in [0, 0.1) is 5.92 Å². The van der Waals surface area contributed by atoms with Gasteiger partial charge >= 0.3 is 5.97 Å². The number of rotatable bonds is 2. The second kappa shape index (κ2) is 5.61. The Hall–Kier alpha value is -0.220. The largest absolute Gasteiger partial charge is 0.468 e. The highest BCUT2D eigenvalue weighted by Gasteiger charge is 2.24. The summed E-state index contributed by atoms with van der Waals surface area (Å²) in [6, 6.07) is -0.0962. The van der Waals surface area contributed by atoms with E-state index in [4.69, 9.17) is 4.74 Å². The van der Waals surface area contributed by atoms with Crippen LogP contribution in [0.2, 0.25) is 0 Å². The molecule has 1 heterocycles. The number of carbonyl (C=O) groups is 1. The predicted molar refractivity (Wildman–Crippen MR) is 59.5 cm³/mol. The number of methoxy groups -OCH3 is 1. The molecule has 0 aliphatic carbocycles. The lowest BCUT2D eigenvalue weighted by molar-refractivity contribution is -0.146. The summed E-state index contributed by atoms with van der Waals surface area (Å²) < 4.78 is 4.75. The standard InChI is InChI=1S/C10H19NO2S/c1-8-6-11(4-5-14-7-8)9(2)10(12)13-3/h8-9H,4-7H2,1-3H3. The lowest BCUT2D eigenvalue weighted by Gasteiger charge is -2.26. The van der Waals surface area contributed by atoms with Crippen LogP contribution in [0.1, 0.15) is 13.8 Å². The third kappa shape index (κ3) is 3.17. The van der Waals surface area contributed by atoms with E-state index in [-0.39, 0.29) is 12.0 Å². The number of nitrogens with zero attached hydrogens (tertiary/aromatic N) is 1. The van der Waals surface area contributed by atoms with E-state index in [1.807, 2.05) is 18.7 Å². The molecule has 0 aromatic rings. The van der Waals surface area contributed by atoms with E-state index in [1.54, 1.807) is 0 Å². The van der Waals surface area contributed by atoms with Gasteiger partial charge in [0.15, 0.2) is 0 Å². The highest BCUT2D eigenvalue weighted by Crippen LogP contribution is 2.17. The van der Waals surface area contributed by atoms with Crippen molar-refractivity contribution in [3.63, 3.8) is 0 Å². The molecule has 1 fully saturated rings. The summed E-state index contributed by atoms with van der Waals surface area (Å²) in [7, 11) is 1.45. The summed E-state index contributed by atoms with van der Waals surface area (Å²) in [5.41, 5.74) is 0. The molecule has 1 aliphatic rings. The second-order valence-electron chi connectivity index (χ2n) is 3.87. The van der Waals surface area contributed by atoms with Crippen molar-refractivity contribution in [2.24, 2.45) is 5.92 Å². The Bertz CT molecular complexity index is 199. The Kier molecular flexibility index (Phi) is 4.75. The molecule has 1 aliphatic heterocycles. The zero-order valence-electron chi connectivity index (χ0n) is 9.16. The zero-order valence-corrected chi connectivity index (χ0v) is 9.97. The van der Waals surface area contributed by atoms with E-state index in [0.29, 0.717) is 5.92 Å². The number of thioether (sulfide) groups is 1. The van der Waals surface area contributed by atoms with Gasteiger partial charge in [-0.05, 0) is 18.6 Å². The van der Waals surface area contributed by atoms with Crippen LogP contribution >= 0.6 is 11.8 Å². The monoisotopic (exact) mass is 217 g/mol. The fourth-order valence-electron chi connectivity index (χ4n) is 1.68. The van der Waals surface area contributed by atoms with Crippen molar-refractivity contribution in [1.82, 2.24) is 4.90 Å². The Morgan fingerprint density at radius 3 is 3.00 bits per heavy atom. The van der Waals surface area contributed by atoms with Crippen LogP contribution in [-0.4, -0.2) is 48.6 Å². The van der Waals surface area contributed by atoms with Gasteiger partial charge in [-0.2, -0.15) is 11.8 Å². The van der Waals surface area contributed by atoms with E-state index >= 15 is 0 Å². The molecule has 0 amide bonds. The average molecular weight is 217 g/mol. The predicted octanol–water partition coefficient (Wildman–Crippen LogP) is 1.23. The van der Waals surface area contributed by atoms with Gasteiger partial charge in [-0.3, -0.25) is 9.69 Å². The van der Waals surface area contributed by atoms with Crippen LogP contribution < -0.4 is 0 Å². The van der Waals surface area contributed by atoms with Crippen molar-refractivity contribution in [1.29, 1.82) is 0 Å². The molecule has 0 spiro atoms. The van der Waals surface area contributed by atoms with Crippen LogP contribution in [0.15, 0.2) is 0 Å². The van der Waals surface area contributed by atoms with Crippen molar-refractivity contribution in [3.05, 3.63) is 0 Å². The maximum Gasteiger partial charge on any atom is 0.322 e. The van der Waals surface area contributed by atoms with Gasteiger partial charge in [-0.15, -0.1) is 0 Å². The van der Waals surface area contributed by atoms with Crippen molar-refractivity contribution in [2.75, 3.05) is 31.7 Å². The van der Waals surface area contributed by atoms with Crippen molar-refractivity contribution < 1.29 is 9.53 Å². The van der Waals surface area contributed by atoms with E-state index in [1.165, 1.54) is 12.9 Å². The van der Waals surface area contributed by atoms with Gasteiger partial charge < -0.3 is 4.74 Å². The number of hydrogen-bond donors (Lipinski definition) is 0. The fraction of sp³-hybridized carbons (Fsp3) is 0.900. The topological polar surface area (TPSA) is 29.5 Å². The van der Waals surface area contributed by atoms with Gasteiger partial charge in [0.2, 0.25) is 0 Å². The summed E-state index contributed by atoms with van der Waals surface area (Å²) in [5, 5.41) is 0. The van der Waals surface area contributed by atoms with Crippen LogP contribution in [-0.2, 0) is 9.53 Å². The maximum absolute atomic E-state index is 11.4. The first-order valence-corrected chi connectivity index (χ1v) is 6.20. The first kappa shape index (κ1) is 11.9. The minimum absolute atomic E-state index is 0.0962. The lowest BCUT2D eigenvalue weighted by Crippen LogP contribution is -2.42.